The van der Waals surface area contributed by atoms with Gasteiger partial charge in [0.05, 0.1) is 12.3 Å². The van der Waals surface area contributed by atoms with E-state index in [1.807, 2.05) is 26.0 Å². The lowest BCUT2D eigenvalue weighted by Gasteiger charge is -2.34. The monoisotopic (exact) mass is 329 g/mol. The molecular weight excluding hydrogens is 302 g/mol. The number of nitrogens with one attached hydrogen (secondary N) is 1. The zero-order chi connectivity index (χ0) is 16.2. The van der Waals surface area contributed by atoms with Gasteiger partial charge in [-0.25, -0.2) is 4.72 Å². The summed E-state index contributed by atoms with van der Waals surface area (Å²) in [5.41, 5.74) is 0. The van der Waals surface area contributed by atoms with E-state index in [0.717, 1.165) is 31.7 Å². The average molecular weight is 329 g/mol. The first-order chi connectivity index (χ1) is 10.4. The Balaban J connectivity index is 2.07. The van der Waals surface area contributed by atoms with Gasteiger partial charge in [0.25, 0.3) is 10.2 Å². The summed E-state index contributed by atoms with van der Waals surface area (Å²) in [6, 6.07) is 3.64. The molecular formula is C15H27N3O3S. The van der Waals surface area contributed by atoms with Gasteiger partial charge in [-0.3, -0.25) is 4.90 Å². The Hall–Kier alpha value is -0.890. The topological polar surface area (TPSA) is 65.8 Å². The maximum atomic E-state index is 12.3. The molecule has 1 aromatic rings. The minimum atomic E-state index is -3.47. The van der Waals surface area contributed by atoms with E-state index in [0.29, 0.717) is 6.54 Å². The van der Waals surface area contributed by atoms with Crippen LogP contribution >= 0.6 is 0 Å². The summed E-state index contributed by atoms with van der Waals surface area (Å²) >= 11 is 0. The van der Waals surface area contributed by atoms with E-state index in [-0.39, 0.29) is 12.1 Å². The quantitative estimate of drug-likeness (QED) is 0.831. The highest BCUT2D eigenvalue weighted by Gasteiger charge is 2.27. The number of furan rings is 1. The van der Waals surface area contributed by atoms with Crippen LogP contribution in [0.5, 0.6) is 0 Å². The summed E-state index contributed by atoms with van der Waals surface area (Å²) in [6.45, 7) is 5.99. The normalized spacial score (nSPS) is 19.0. The van der Waals surface area contributed by atoms with Gasteiger partial charge in [-0.1, -0.05) is 6.42 Å². The third kappa shape index (κ3) is 4.32. The predicted octanol–water partition coefficient (Wildman–Crippen LogP) is 1.98. The Labute approximate surface area is 133 Å². The molecule has 1 aliphatic rings. The molecule has 22 heavy (non-hydrogen) atoms. The molecule has 6 nitrogen and oxygen atoms in total. The van der Waals surface area contributed by atoms with Crippen molar-refractivity contribution >= 4 is 10.2 Å². The summed E-state index contributed by atoms with van der Waals surface area (Å²) in [5.74, 6) is 0.816. The second-order valence-electron chi connectivity index (χ2n) is 6.09. The molecule has 0 saturated carbocycles. The third-order valence-electron chi connectivity index (χ3n) is 4.27. The van der Waals surface area contributed by atoms with E-state index >= 15 is 0 Å². The van der Waals surface area contributed by atoms with Crippen LogP contribution in [0, 0.1) is 0 Å². The summed E-state index contributed by atoms with van der Waals surface area (Å²) < 4.78 is 34.2. The molecule has 0 amide bonds. The van der Waals surface area contributed by atoms with E-state index in [1.165, 1.54) is 10.7 Å². The SMILES string of the molecule is CC(C)N(C)S(=O)(=O)NC[C@@H](c1ccco1)N1CCCCC1. The molecule has 126 valence electrons. The maximum absolute atomic E-state index is 12.3. The lowest BCUT2D eigenvalue weighted by atomic mass is 10.1. The van der Waals surface area contributed by atoms with E-state index in [9.17, 15) is 8.42 Å². The molecule has 0 radical (unpaired) electrons. The Morgan fingerprint density at radius 2 is 2.00 bits per heavy atom. The largest absolute Gasteiger partial charge is 0.468 e. The smallest absolute Gasteiger partial charge is 0.279 e. The highest BCUT2D eigenvalue weighted by Crippen LogP contribution is 2.24. The van der Waals surface area contributed by atoms with Crippen LogP contribution in [0.2, 0.25) is 0 Å². The van der Waals surface area contributed by atoms with Crippen LogP contribution in [-0.2, 0) is 10.2 Å². The molecule has 1 saturated heterocycles. The number of likely N-dealkylation sites (tertiary alicyclic amines) is 1. The van der Waals surface area contributed by atoms with Crippen LogP contribution in [0.25, 0.3) is 0 Å². The van der Waals surface area contributed by atoms with Crippen LogP contribution in [0.1, 0.15) is 44.9 Å². The minimum Gasteiger partial charge on any atom is -0.468 e. The molecule has 0 aromatic carbocycles. The van der Waals surface area contributed by atoms with Gasteiger partial charge in [-0.15, -0.1) is 0 Å². The maximum Gasteiger partial charge on any atom is 0.279 e. The van der Waals surface area contributed by atoms with Gasteiger partial charge in [-0.05, 0) is 51.9 Å². The standard InChI is InChI=1S/C15H27N3O3S/c1-13(2)17(3)22(19,20)16-12-14(15-8-7-11-21-15)18-9-5-4-6-10-18/h7-8,11,13-14,16H,4-6,9-10,12H2,1-3H3/t14-/m0/s1. The molecule has 1 aliphatic heterocycles. The summed E-state index contributed by atoms with van der Waals surface area (Å²) in [4.78, 5) is 2.31. The lowest BCUT2D eigenvalue weighted by Crippen LogP contribution is -2.46. The second-order valence-corrected chi connectivity index (χ2v) is 7.91. The van der Waals surface area contributed by atoms with Crippen LogP contribution in [0.3, 0.4) is 0 Å². The van der Waals surface area contributed by atoms with Crippen LogP contribution in [0.15, 0.2) is 22.8 Å². The van der Waals surface area contributed by atoms with E-state index in [2.05, 4.69) is 9.62 Å². The Morgan fingerprint density at radius 1 is 1.32 bits per heavy atom. The Kier molecular flexibility index (Phi) is 6.02. The highest BCUT2D eigenvalue weighted by molar-refractivity contribution is 7.87. The first-order valence-corrected chi connectivity index (χ1v) is 9.36. The van der Waals surface area contributed by atoms with Gasteiger partial charge in [-0.2, -0.15) is 12.7 Å². The molecule has 1 atom stereocenters. The van der Waals surface area contributed by atoms with Crippen molar-refractivity contribution in [3.8, 4) is 0 Å². The molecule has 0 bridgehead atoms. The van der Waals surface area contributed by atoms with Crippen molar-refractivity contribution in [3.05, 3.63) is 24.2 Å². The minimum absolute atomic E-state index is 0.0503. The van der Waals surface area contributed by atoms with Crippen LogP contribution in [-0.4, -0.2) is 50.3 Å². The molecule has 0 aliphatic carbocycles. The van der Waals surface area contributed by atoms with Gasteiger partial charge in [0.15, 0.2) is 0 Å². The van der Waals surface area contributed by atoms with Crippen molar-refractivity contribution < 1.29 is 12.8 Å². The third-order valence-corrected chi connectivity index (χ3v) is 5.98. The first-order valence-electron chi connectivity index (χ1n) is 7.92. The van der Waals surface area contributed by atoms with Crippen molar-refractivity contribution in [2.75, 3.05) is 26.7 Å². The van der Waals surface area contributed by atoms with Gasteiger partial charge >= 0.3 is 0 Å². The molecule has 1 aromatic heterocycles. The summed E-state index contributed by atoms with van der Waals surface area (Å²) in [7, 11) is -1.88. The number of hydrogen-bond donors (Lipinski definition) is 1. The molecule has 1 fully saturated rings. The van der Waals surface area contributed by atoms with Crippen LogP contribution < -0.4 is 4.72 Å². The zero-order valence-corrected chi connectivity index (χ0v) is 14.5. The summed E-state index contributed by atoms with van der Waals surface area (Å²) in [5, 5.41) is 0. The lowest BCUT2D eigenvalue weighted by molar-refractivity contribution is 0.146. The number of hydrogen-bond acceptors (Lipinski definition) is 4. The Bertz CT molecular complexity index is 536. The Morgan fingerprint density at radius 3 is 2.55 bits per heavy atom. The highest BCUT2D eigenvalue weighted by atomic mass is 32.2. The van der Waals surface area contributed by atoms with E-state index in [4.69, 9.17) is 4.42 Å². The summed E-state index contributed by atoms with van der Waals surface area (Å²) in [6.07, 6.45) is 5.18. The fourth-order valence-corrected chi connectivity index (χ4v) is 3.81. The first kappa shape index (κ1) is 17.5. The number of nitrogens with zero attached hydrogens (tertiary/aromatic N) is 2. The molecule has 1 N–H and O–H groups in total. The van der Waals surface area contributed by atoms with Crippen molar-refractivity contribution in [2.45, 2.75) is 45.2 Å². The molecule has 2 heterocycles. The predicted molar refractivity (Wildman–Crippen MR) is 86.7 cm³/mol. The molecule has 2 rings (SSSR count). The van der Waals surface area contributed by atoms with Crippen LogP contribution in [0.4, 0.5) is 0 Å². The second kappa shape index (κ2) is 7.59. The van der Waals surface area contributed by atoms with E-state index < -0.39 is 10.2 Å². The van der Waals surface area contributed by atoms with Crippen molar-refractivity contribution in [1.29, 1.82) is 0 Å². The van der Waals surface area contributed by atoms with Gasteiger partial charge in [0, 0.05) is 19.6 Å². The van der Waals surface area contributed by atoms with Crippen molar-refractivity contribution in [3.63, 3.8) is 0 Å². The van der Waals surface area contributed by atoms with Gasteiger partial charge < -0.3 is 4.42 Å². The average Bonchev–Trinajstić information content (AvgIpc) is 3.01. The molecule has 0 spiro atoms. The fraction of sp³-hybridized carbons (Fsp3) is 0.733. The number of rotatable bonds is 7. The van der Waals surface area contributed by atoms with Crippen molar-refractivity contribution in [2.24, 2.45) is 0 Å². The molecule has 0 unspecified atom stereocenters. The van der Waals surface area contributed by atoms with Gasteiger partial charge in [0.2, 0.25) is 0 Å². The number of piperidine rings is 1. The van der Waals surface area contributed by atoms with Gasteiger partial charge in [0.1, 0.15) is 5.76 Å². The van der Waals surface area contributed by atoms with Crippen molar-refractivity contribution in [1.82, 2.24) is 13.9 Å². The molecule has 7 heteroatoms. The van der Waals surface area contributed by atoms with E-state index in [1.54, 1.807) is 13.3 Å². The zero-order valence-electron chi connectivity index (χ0n) is 13.7. The fourth-order valence-electron chi connectivity index (χ4n) is 2.68.